The molecule has 0 N–H and O–H groups in total. The largest absolute Gasteiger partial charge is 0.292 e. The van der Waals surface area contributed by atoms with Crippen LogP contribution in [-0.4, -0.2) is 48.8 Å². The number of hydrogen-bond acceptors (Lipinski definition) is 6. The van der Waals surface area contributed by atoms with Gasteiger partial charge in [-0.2, -0.15) is 9.57 Å². The maximum atomic E-state index is 13.0. The van der Waals surface area contributed by atoms with Crippen molar-refractivity contribution in [2.75, 3.05) is 26.2 Å². The normalized spacial score (nSPS) is 17.4. The van der Waals surface area contributed by atoms with Crippen LogP contribution in [0.25, 0.3) is 10.2 Å². The SMILES string of the molecule is C[C@@H](c1nc2ccccc2s1)N1CCN(S(=O)(=O)c2ccccc2C#N)CC1. The molecule has 2 heterocycles. The minimum atomic E-state index is -3.67. The van der Waals surface area contributed by atoms with Crippen LogP contribution in [0.1, 0.15) is 23.5 Å². The molecule has 0 radical (unpaired) electrons. The number of hydrogen-bond donors (Lipinski definition) is 0. The minimum absolute atomic E-state index is 0.0881. The lowest BCUT2D eigenvalue weighted by Gasteiger charge is -2.36. The molecule has 0 amide bonds. The highest BCUT2D eigenvalue weighted by molar-refractivity contribution is 7.89. The average molecular weight is 413 g/mol. The van der Waals surface area contributed by atoms with Crippen LogP contribution in [0.15, 0.2) is 53.4 Å². The predicted octanol–water partition coefficient (Wildman–Crippen LogP) is 3.24. The molecule has 1 aliphatic heterocycles. The molecule has 0 spiro atoms. The summed E-state index contributed by atoms with van der Waals surface area (Å²) >= 11 is 1.69. The first kappa shape index (κ1) is 19.0. The second-order valence-corrected chi connectivity index (χ2v) is 9.71. The Labute approximate surface area is 168 Å². The van der Waals surface area contributed by atoms with Crippen molar-refractivity contribution in [3.05, 3.63) is 59.1 Å². The first-order valence-electron chi connectivity index (χ1n) is 9.09. The predicted molar refractivity (Wildman–Crippen MR) is 110 cm³/mol. The fourth-order valence-corrected chi connectivity index (χ4v) is 6.10. The molecule has 0 unspecified atom stereocenters. The average Bonchev–Trinajstić information content (AvgIpc) is 3.17. The van der Waals surface area contributed by atoms with Crippen LogP contribution in [-0.2, 0) is 10.0 Å². The molecule has 6 nitrogen and oxygen atoms in total. The van der Waals surface area contributed by atoms with Gasteiger partial charge in [-0.1, -0.05) is 24.3 Å². The lowest BCUT2D eigenvalue weighted by Crippen LogP contribution is -2.49. The van der Waals surface area contributed by atoms with E-state index < -0.39 is 10.0 Å². The van der Waals surface area contributed by atoms with E-state index in [1.54, 1.807) is 29.5 Å². The fraction of sp³-hybridized carbons (Fsp3) is 0.300. The Bertz CT molecular complexity index is 1110. The van der Waals surface area contributed by atoms with E-state index in [4.69, 9.17) is 4.98 Å². The molecule has 1 aromatic heterocycles. The van der Waals surface area contributed by atoms with Crippen molar-refractivity contribution in [2.24, 2.45) is 0 Å². The molecule has 8 heteroatoms. The number of sulfonamides is 1. The molecular formula is C20H20N4O2S2. The standard InChI is InChI=1S/C20H20N4O2S2/c1-15(20-22-17-7-3-4-8-18(17)27-20)23-10-12-24(13-11-23)28(25,26)19-9-5-2-6-16(19)14-21/h2-9,15H,10-13H2,1H3/t15-/m0/s1. The number of nitrogens with zero attached hydrogens (tertiary/aromatic N) is 4. The van der Waals surface area contributed by atoms with Gasteiger partial charge >= 0.3 is 0 Å². The van der Waals surface area contributed by atoms with Crippen LogP contribution in [0.5, 0.6) is 0 Å². The third-order valence-corrected chi connectivity index (χ3v) is 8.28. The van der Waals surface area contributed by atoms with Gasteiger partial charge in [-0.15, -0.1) is 11.3 Å². The summed E-state index contributed by atoms with van der Waals surface area (Å²) in [6, 6.07) is 16.6. The van der Waals surface area contributed by atoms with Crippen LogP contribution in [0, 0.1) is 11.3 Å². The van der Waals surface area contributed by atoms with Crippen LogP contribution in [0.4, 0.5) is 0 Å². The number of benzene rings is 2. The molecule has 1 aliphatic rings. The molecule has 0 bridgehead atoms. The summed E-state index contributed by atoms with van der Waals surface area (Å²) in [5.74, 6) is 0. The van der Waals surface area contributed by atoms with E-state index in [0.29, 0.717) is 26.2 Å². The van der Waals surface area contributed by atoms with E-state index in [2.05, 4.69) is 17.9 Å². The summed E-state index contributed by atoms with van der Waals surface area (Å²) in [6.45, 7) is 4.18. The Morgan fingerprint density at radius 1 is 1.07 bits per heavy atom. The van der Waals surface area contributed by atoms with Gasteiger partial charge < -0.3 is 0 Å². The molecule has 2 aromatic carbocycles. The van der Waals surface area contributed by atoms with Gasteiger partial charge in [0.05, 0.1) is 26.7 Å². The van der Waals surface area contributed by atoms with Crippen molar-refractivity contribution in [1.29, 1.82) is 5.26 Å². The van der Waals surface area contributed by atoms with Gasteiger partial charge in [0.1, 0.15) is 11.1 Å². The fourth-order valence-electron chi connectivity index (χ4n) is 3.48. The van der Waals surface area contributed by atoms with E-state index >= 15 is 0 Å². The quantitative estimate of drug-likeness (QED) is 0.657. The number of thiazole rings is 1. The highest BCUT2D eigenvalue weighted by atomic mass is 32.2. The summed E-state index contributed by atoms with van der Waals surface area (Å²) in [5, 5.41) is 10.3. The molecule has 0 saturated carbocycles. The maximum absolute atomic E-state index is 13.0. The van der Waals surface area contributed by atoms with E-state index in [0.717, 1.165) is 10.5 Å². The van der Waals surface area contributed by atoms with Crippen molar-refractivity contribution < 1.29 is 8.42 Å². The highest BCUT2D eigenvalue weighted by Crippen LogP contribution is 2.30. The minimum Gasteiger partial charge on any atom is -0.292 e. The summed E-state index contributed by atoms with van der Waals surface area (Å²) in [5.41, 5.74) is 1.19. The highest BCUT2D eigenvalue weighted by Gasteiger charge is 2.32. The van der Waals surface area contributed by atoms with Gasteiger partial charge in [0, 0.05) is 26.2 Å². The number of rotatable bonds is 4. The zero-order valence-corrected chi connectivity index (χ0v) is 17.1. The van der Waals surface area contributed by atoms with Crippen LogP contribution >= 0.6 is 11.3 Å². The van der Waals surface area contributed by atoms with E-state index in [-0.39, 0.29) is 16.5 Å². The number of piperazine rings is 1. The summed E-state index contributed by atoms with van der Waals surface area (Å²) < 4.78 is 28.6. The zero-order valence-electron chi connectivity index (χ0n) is 15.4. The van der Waals surface area contributed by atoms with E-state index in [1.165, 1.54) is 15.1 Å². The van der Waals surface area contributed by atoms with Gasteiger partial charge in [0.15, 0.2) is 0 Å². The molecule has 1 atom stereocenters. The molecule has 3 aromatic rings. The summed E-state index contributed by atoms with van der Waals surface area (Å²) in [7, 11) is -3.67. The van der Waals surface area contributed by atoms with Crippen molar-refractivity contribution in [3.63, 3.8) is 0 Å². The Morgan fingerprint density at radius 3 is 2.46 bits per heavy atom. The van der Waals surface area contributed by atoms with Gasteiger partial charge in [0.25, 0.3) is 0 Å². The Morgan fingerprint density at radius 2 is 1.75 bits per heavy atom. The van der Waals surface area contributed by atoms with Gasteiger partial charge in [-0.25, -0.2) is 13.4 Å². The number of aromatic nitrogens is 1. The van der Waals surface area contributed by atoms with Crippen molar-refractivity contribution in [3.8, 4) is 6.07 Å². The Kier molecular flexibility index (Phi) is 5.17. The van der Waals surface area contributed by atoms with E-state index in [1.807, 2.05) is 24.3 Å². The zero-order chi connectivity index (χ0) is 19.7. The monoisotopic (exact) mass is 412 g/mol. The van der Waals surface area contributed by atoms with E-state index in [9.17, 15) is 13.7 Å². The van der Waals surface area contributed by atoms with Crippen molar-refractivity contribution in [1.82, 2.24) is 14.2 Å². The van der Waals surface area contributed by atoms with Gasteiger partial charge in [0.2, 0.25) is 10.0 Å². The molecule has 1 saturated heterocycles. The molecular weight excluding hydrogens is 392 g/mol. The second-order valence-electron chi connectivity index (χ2n) is 6.74. The number of nitriles is 1. The Hall–Kier alpha value is -2.31. The van der Waals surface area contributed by atoms with Crippen molar-refractivity contribution in [2.45, 2.75) is 17.9 Å². The third-order valence-electron chi connectivity index (χ3n) is 5.11. The van der Waals surface area contributed by atoms with Crippen LogP contribution in [0.3, 0.4) is 0 Å². The van der Waals surface area contributed by atoms with Gasteiger partial charge in [-0.3, -0.25) is 4.90 Å². The van der Waals surface area contributed by atoms with Crippen molar-refractivity contribution >= 4 is 31.6 Å². The lowest BCUT2D eigenvalue weighted by molar-refractivity contribution is 0.146. The molecule has 0 aliphatic carbocycles. The number of para-hydroxylation sites is 1. The second kappa shape index (κ2) is 7.60. The molecule has 4 rings (SSSR count). The van der Waals surface area contributed by atoms with Crippen LogP contribution < -0.4 is 0 Å². The topological polar surface area (TPSA) is 77.3 Å². The molecule has 28 heavy (non-hydrogen) atoms. The Balaban J connectivity index is 1.49. The first-order valence-corrected chi connectivity index (χ1v) is 11.3. The summed E-state index contributed by atoms with van der Waals surface area (Å²) in [4.78, 5) is 7.09. The maximum Gasteiger partial charge on any atom is 0.244 e. The smallest absolute Gasteiger partial charge is 0.244 e. The third kappa shape index (κ3) is 3.42. The molecule has 1 fully saturated rings. The first-order chi connectivity index (χ1) is 13.5. The summed E-state index contributed by atoms with van der Waals surface area (Å²) in [6.07, 6.45) is 0. The molecule has 144 valence electrons. The van der Waals surface area contributed by atoms with Crippen LogP contribution in [0.2, 0.25) is 0 Å². The lowest BCUT2D eigenvalue weighted by atomic mass is 10.2. The number of fused-ring (bicyclic) bond motifs is 1. The van der Waals surface area contributed by atoms with Gasteiger partial charge in [-0.05, 0) is 31.2 Å².